The van der Waals surface area contributed by atoms with E-state index in [2.05, 4.69) is 35.6 Å². The number of hydrogen-bond donors (Lipinski definition) is 0. The second-order valence-electron chi connectivity index (χ2n) is 4.25. The summed E-state index contributed by atoms with van der Waals surface area (Å²) in [6, 6.07) is 0. The van der Waals surface area contributed by atoms with Gasteiger partial charge in [0.25, 0.3) is 0 Å². The number of hydrogen-bond acceptors (Lipinski definition) is 4. The van der Waals surface area contributed by atoms with Crippen molar-refractivity contribution in [3.8, 4) is 0 Å². The van der Waals surface area contributed by atoms with Crippen LogP contribution in [0, 0.1) is 0 Å². The molecule has 0 amide bonds. The summed E-state index contributed by atoms with van der Waals surface area (Å²) in [5.74, 6) is -0.137. The van der Waals surface area contributed by atoms with Crippen molar-refractivity contribution >= 4 is 31.0 Å². The zero-order chi connectivity index (χ0) is 11.6. The van der Waals surface area contributed by atoms with Crippen LogP contribution in [-0.4, -0.2) is 49.0 Å². The van der Waals surface area contributed by atoms with E-state index in [-0.39, 0.29) is 9.26 Å². The molecule has 6 heteroatoms. The van der Waals surface area contributed by atoms with Crippen LogP contribution in [0.2, 0.25) is 3.43 Å². The molecular formula is C9H15N3O2Sn. The summed E-state index contributed by atoms with van der Waals surface area (Å²) in [6.07, 6.45) is 0. The number of rotatable bonds is 2. The van der Waals surface area contributed by atoms with Gasteiger partial charge >= 0.3 is 99.4 Å². The van der Waals surface area contributed by atoms with Gasteiger partial charge in [0.1, 0.15) is 0 Å². The molecule has 1 heterocycles. The van der Waals surface area contributed by atoms with Crippen LogP contribution in [0.5, 0.6) is 0 Å². The predicted octanol–water partition coefficient (Wildman–Crippen LogP) is 0.150. The number of carbonyl (C=O) groups excluding carboxylic acids is 1. The topological polar surface area (TPSA) is 57.0 Å². The van der Waals surface area contributed by atoms with E-state index in [1.54, 1.807) is 7.05 Å². The number of aryl methyl sites for hydroxylation is 1. The Morgan fingerprint density at radius 3 is 2.53 bits per heavy atom. The van der Waals surface area contributed by atoms with Crippen LogP contribution < -0.4 is 3.84 Å². The van der Waals surface area contributed by atoms with Crippen LogP contribution in [0.3, 0.4) is 0 Å². The Labute approximate surface area is 99.4 Å². The molecule has 82 valence electrons. The fourth-order valence-electron chi connectivity index (χ4n) is 1.04. The van der Waals surface area contributed by atoms with Crippen molar-refractivity contribution in [2.75, 3.05) is 7.11 Å². The van der Waals surface area contributed by atoms with Crippen LogP contribution in [0.1, 0.15) is 31.4 Å². The molecule has 0 aliphatic rings. The van der Waals surface area contributed by atoms with Gasteiger partial charge in [-0.3, -0.25) is 0 Å². The molecule has 1 aromatic heterocycles. The van der Waals surface area contributed by atoms with Crippen LogP contribution >= 0.6 is 0 Å². The van der Waals surface area contributed by atoms with Gasteiger partial charge in [0.05, 0.1) is 0 Å². The summed E-state index contributed by atoms with van der Waals surface area (Å²) in [6.45, 7) is 6.52. The summed E-state index contributed by atoms with van der Waals surface area (Å²) >= 11 is -0.855. The molecule has 2 radical (unpaired) electrons. The Balaban J connectivity index is 2.91. The van der Waals surface area contributed by atoms with E-state index in [1.165, 1.54) is 11.8 Å². The third-order valence-electron chi connectivity index (χ3n) is 1.62. The van der Waals surface area contributed by atoms with Gasteiger partial charge in [-0.1, -0.05) is 0 Å². The molecule has 0 saturated heterocycles. The van der Waals surface area contributed by atoms with Gasteiger partial charge in [-0.25, -0.2) is 0 Å². The zero-order valence-corrected chi connectivity index (χ0v) is 12.5. The first-order valence-corrected chi connectivity index (χ1v) is 7.46. The molecular weight excluding hydrogens is 301 g/mol. The molecule has 0 fully saturated rings. The molecule has 1 aromatic rings. The van der Waals surface area contributed by atoms with E-state index >= 15 is 0 Å². The first kappa shape index (κ1) is 12.5. The summed E-state index contributed by atoms with van der Waals surface area (Å²) in [7, 11) is 3.06. The number of ether oxygens (including phenoxy) is 1. The minimum absolute atomic E-state index is 0.276. The third kappa shape index (κ3) is 3.48. The second kappa shape index (κ2) is 4.50. The fraction of sp³-hybridized carbons (Fsp3) is 0.667. The molecule has 0 unspecified atom stereocenters. The van der Waals surface area contributed by atoms with E-state index in [0.29, 0.717) is 0 Å². The Kier molecular flexibility index (Phi) is 3.75. The number of aromatic nitrogens is 3. The first-order valence-electron chi connectivity index (χ1n) is 4.61. The second-order valence-corrected chi connectivity index (χ2v) is 10.5. The molecule has 1 rings (SSSR count). The molecule has 0 aromatic carbocycles. The van der Waals surface area contributed by atoms with Crippen molar-refractivity contribution in [3.05, 3.63) is 5.82 Å². The molecule has 15 heavy (non-hydrogen) atoms. The number of carbonyl (C=O) groups is 1. The maximum absolute atomic E-state index is 11.3. The van der Waals surface area contributed by atoms with Crippen LogP contribution in [0.25, 0.3) is 0 Å². The molecule has 0 atom stereocenters. The maximum atomic E-state index is 11.3. The Hall–Kier alpha value is -0.591. The Bertz CT molecular complexity index is 368. The average Bonchev–Trinajstić information content (AvgIpc) is 2.42. The van der Waals surface area contributed by atoms with Gasteiger partial charge in [-0.2, -0.15) is 0 Å². The molecule has 0 aliphatic carbocycles. The van der Waals surface area contributed by atoms with Crippen molar-refractivity contribution in [1.29, 1.82) is 0 Å². The van der Waals surface area contributed by atoms with Gasteiger partial charge in [0.2, 0.25) is 0 Å². The SMILES string of the molecule is COC(=O)c1n[c]([Sn][C](C)(C)C)nn1C. The molecule has 0 aliphatic heterocycles. The van der Waals surface area contributed by atoms with Gasteiger partial charge < -0.3 is 0 Å². The summed E-state index contributed by atoms with van der Waals surface area (Å²) in [4.78, 5) is 15.5. The van der Waals surface area contributed by atoms with E-state index in [4.69, 9.17) is 0 Å². The molecule has 0 spiro atoms. The number of esters is 1. The van der Waals surface area contributed by atoms with Gasteiger partial charge in [0.15, 0.2) is 0 Å². The van der Waals surface area contributed by atoms with Gasteiger partial charge in [-0.15, -0.1) is 0 Å². The third-order valence-corrected chi connectivity index (χ3v) is 5.00. The van der Waals surface area contributed by atoms with E-state index in [1.807, 2.05) is 0 Å². The number of methoxy groups -OCH3 is 1. The average molecular weight is 316 g/mol. The van der Waals surface area contributed by atoms with Crippen molar-refractivity contribution in [3.63, 3.8) is 0 Å². The Morgan fingerprint density at radius 1 is 1.47 bits per heavy atom. The van der Waals surface area contributed by atoms with Crippen molar-refractivity contribution in [2.45, 2.75) is 24.2 Å². The quantitative estimate of drug-likeness (QED) is 0.576. The van der Waals surface area contributed by atoms with Crippen LogP contribution in [-0.2, 0) is 11.8 Å². The summed E-state index contributed by atoms with van der Waals surface area (Å²) in [5, 5.41) is 4.25. The predicted molar refractivity (Wildman–Crippen MR) is 57.4 cm³/mol. The minimum atomic E-state index is -0.855. The molecule has 5 nitrogen and oxygen atoms in total. The Morgan fingerprint density at radius 2 is 2.07 bits per heavy atom. The standard InChI is InChI=1S/C5H6N3O2.C4H9.Sn/c1-8-4(5(9)10-2)6-3-7-8;1-4(2)3;/h1-2H3;1-3H3;. The molecule has 0 N–H and O–H groups in total. The first-order chi connectivity index (χ1) is 6.83. The van der Waals surface area contributed by atoms with Crippen LogP contribution in [0.15, 0.2) is 0 Å². The van der Waals surface area contributed by atoms with Crippen molar-refractivity contribution in [1.82, 2.24) is 14.8 Å². The monoisotopic (exact) mass is 317 g/mol. The molecule has 0 bridgehead atoms. The zero-order valence-electron chi connectivity index (χ0n) is 9.66. The van der Waals surface area contributed by atoms with E-state index in [0.717, 1.165) is 3.84 Å². The normalized spacial score (nSPS) is 11.5. The summed E-state index contributed by atoms with van der Waals surface area (Å²) < 4.78 is 7.23. The van der Waals surface area contributed by atoms with Crippen molar-refractivity contribution < 1.29 is 9.53 Å². The fourth-order valence-corrected chi connectivity index (χ4v) is 3.99. The molecule has 0 saturated carbocycles. The van der Waals surface area contributed by atoms with E-state index in [9.17, 15) is 4.79 Å². The van der Waals surface area contributed by atoms with Gasteiger partial charge in [0, 0.05) is 0 Å². The number of nitrogens with zero attached hydrogens (tertiary/aromatic N) is 3. The van der Waals surface area contributed by atoms with Crippen molar-refractivity contribution in [2.24, 2.45) is 7.05 Å². The van der Waals surface area contributed by atoms with E-state index < -0.39 is 27.1 Å². The summed E-state index contributed by atoms with van der Waals surface area (Å²) in [5.41, 5.74) is 0. The van der Waals surface area contributed by atoms with Crippen LogP contribution in [0.4, 0.5) is 0 Å². The van der Waals surface area contributed by atoms with Gasteiger partial charge in [-0.05, 0) is 0 Å².